The highest BCUT2D eigenvalue weighted by molar-refractivity contribution is 7.89. The fourth-order valence-electron chi connectivity index (χ4n) is 3.49. The number of sulfonamides is 1. The number of nitrogens with one attached hydrogen (secondary N) is 1. The second-order valence-electron chi connectivity index (χ2n) is 7.37. The third-order valence-electron chi connectivity index (χ3n) is 5.27. The second-order valence-corrected chi connectivity index (χ2v) is 9.71. The first-order valence-electron chi connectivity index (χ1n) is 9.33. The summed E-state index contributed by atoms with van der Waals surface area (Å²) >= 11 is 6.11. The van der Waals surface area contributed by atoms with E-state index >= 15 is 0 Å². The molecular weight excluding hydrogens is 396 g/mol. The summed E-state index contributed by atoms with van der Waals surface area (Å²) in [4.78, 5) is 13.0. The lowest BCUT2D eigenvalue weighted by Crippen LogP contribution is -2.43. The Kier molecular flexibility index (Phi) is 6.12. The second kappa shape index (κ2) is 8.23. The van der Waals surface area contributed by atoms with Crippen molar-refractivity contribution in [3.05, 3.63) is 58.1 Å². The molecule has 0 radical (unpaired) electrons. The molecule has 0 saturated carbocycles. The summed E-state index contributed by atoms with van der Waals surface area (Å²) in [5.74, 6) is -0.525. The van der Waals surface area contributed by atoms with Gasteiger partial charge in [-0.2, -0.15) is 4.31 Å². The van der Waals surface area contributed by atoms with Gasteiger partial charge < -0.3 is 5.32 Å². The Hall–Kier alpha value is -1.89. The Morgan fingerprint density at radius 2 is 1.79 bits per heavy atom. The minimum absolute atomic E-state index is 0.140. The van der Waals surface area contributed by atoms with Gasteiger partial charge in [0.15, 0.2) is 0 Å². The molecule has 1 amide bonds. The van der Waals surface area contributed by atoms with Crippen molar-refractivity contribution in [1.29, 1.82) is 0 Å². The van der Waals surface area contributed by atoms with Crippen molar-refractivity contribution in [3.8, 4) is 0 Å². The van der Waals surface area contributed by atoms with Crippen molar-refractivity contribution < 1.29 is 13.2 Å². The fourth-order valence-corrected chi connectivity index (χ4v) is 5.29. The van der Waals surface area contributed by atoms with Crippen molar-refractivity contribution in [2.75, 3.05) is 18.4 Å². The number of hydrogen-bond acceptors (Lipinski definition) is 3. The van der Waals surface area contributed by atoms with E-state index in [4.69, 9.17) is 11.6 Å². The first-order valence-corrected chi connectivity index (χ1v) is 11.2. The number of halogens is 1. The summed E-state index contributed by atoms with van der Waals surface area (Å²) in [6, 6.07) is 10.6. The van der Waals surface area contributed by atoms with Crippen molar-refractivity contribution in [2.45, 2.75) is 38.5 Å². The van der Waals surface area contributed by atoms with Crippen molar-refractivity contribution in [1.82, 2.24) is 4.31 Å². The van der Waals surface area contributed by atoms with Gasteiger partial charge in [-0.05, 0) is 62.4 Å². The first-order chi connectivity index (χ1) is 13.2. The molecule has 7 heteroatoms. The molecule has 1 saturated heterocycles. The molecule has 150 valence electrons. The van der Waals surface area contributed by atoms with Crippen LogP contribution in [-0.4, -0.2) is 31.7 Å². The molecule has 3 rings (SSSR count). The first kappa shape index (κ1) is 20.8. The van der Waals surface area contributed by atoms with Crippen LogP contribution in [0.1, 0.15) is 29.5 Å². The molecule has 2 aromatic rings. The van der Waals surface area contributed by atoms with Crippen LogP contribution >= 0.6 is 11.6 Å². The molecule has 1 atom stereocenters. The zero-order valence-corrected chi connectivity index (χ0v) is 17.9. The van der Waals surface area contributed by atoms with Gasteiger partial charge in [0.25, 0.3) is 0 Å². The molecule has 1 aliphatic heterocycles. The molecule has 1 N–H and O–H groups in total. The number of para-hydroxylation sites is 1. The van der Waals surface area contributed by atoms with E-state index in [2.05, 4.69) is 5.32 Å². The van der Waals surface area contributed by atoms with Crippen LogP contribution in [0.5, 0.6) is 0 Å². The van der Waals surface area contributed by atoms with E-state index in [1.54, 1.807) is 12.1 Å². The normalized spacial score (nSPS) is 18.1. The Bertz CT molecular complexity index is 984. The lowest BCUT2D eigenvalue weighted by molar-refractivity contribution is -0.120. The number of aryl methyl sites for hydroxylation is 3. The summed E-state index contributed by atoms with van der Waals surface area (Å²) in [6.45, 7) is 6.29. The van der Waals surface area contributed by atoms with Crippen LogP contribution in [0.15, 0.2) is 41.3 Å². The maximum Gasteiger partial charge on any atom is 0.243 e. The molecule has 1 fully saturated rings. The Labute approximate surface area is 171 Å². The van der Waals surface area contributed by atoms with Gasteiger partial charge in [-0.15, -0.1) is 0 Å². The zero-order chi connectivity index (χ0) is 20.5. The third-order valence-corrected chi connectivity index (χ3v) is 7.53. The van der Waals surface area contributed by atoms with Gasteiger partial charge in [-0.3, -0.25) is 4.79 Å². The molecule has 2 aromatic carbocycles. The van der Waals surface area contributed by atoms with Gasteiger partial charge in [-0.1, -0.05) is 35.9 Å². The number of benzene rings is 2. The minimum atomic E-state index is -3.69. The highest BCUT2D eigenvalue weighted by atomic mass is 35.5. The van der Waals surface area contributed by atoms with E-state index in [1.165, 1.54) is 10.4 Å². The molecule has 0 bridgehead atoms. The number of amides is 1. The Balaban J connectivity index is 1.78. The van der Waals surface area contributed by atoms with E-state index in [1.807, 2.05) is 39.0 Å². The molecular formula is C21H25ClN2O3S. The molecule has 0 aromatic heterocycles. The van der Waals surface area contributed by atoms with E-state index in [9.17, 15) is 13.2 Å². The quantitative estimate of drug-likeness (QED) is 0.801. The van der Waals surface area contributed by atoms with Crippen molar-refractivity contribution in [3.63, 3.8) is 0 Å². The number of anilines is 1. The van der Waals surface area contributed by atoms with Gasteiger partial charge in [0.1, 0.15) is 0 Å². The number of piperidine rings is 1. The molecule has 28 heavy (non-hydrogen) atoms. The molecule has 5 nitrogen and oxygen atoms in total. The summed E-state index contributed by atoms with van der Waals surface area (Å²) < 4.78 is 27.4. The van der Waals surface area contributed by atoms with E-state index in [-0.39, 0.29) is 23.3 Å². The van der Waals surface area contributed by atoms with Crippen LogP contribution < -0.4 is 5.32 Å². The SMILES string of the molecule is Cc1ccc(S(=O)(=O)N2CCCC(C(=O)Nc3c(C)cccc3C)C2)cc1Cl. The summed E-state index contributed by atoms with van der Waals surface area (Å²) in [6.07, 6.45) is 1.31. The number of carbonyl (C=O) groups excluding carboxylic acids is 1. The third kappa shape index (κ3) is 4.24. The van der Waals surface area contributed by atoms with Gasteiger partial charge in [-0.25, -0.2) is 8.42 Å². The smallest absolute Gasteiger partial charge is 0.243 e. The Morgan fingerprint density at radius 3 is 2.43 bits per heavy atom. The number of carbonyl (C=O) groups is 1. The summed E-state index contributed by atoms with van der Waals surface area (Å²) in [5, 5.41) is 3.41. The van der Waals surface area contributed by atoms with E-state index in [0.717, 1.165) is 22.4 Å². The van der Waals surface area contributed by atoms with E-state index < -0.39 is 10.0 Å². The summed E-state index contributed by atoms with van der Waals surface area (Å²) in [5.41, 5.74) is 3.61. The standard InChI is InChI=1S/C21H25ClN2O3S/c1-14-9-10-18(12-19(14)22)28(26,27)24-11-5-8-17(13-24)21(25)23-20-15(2)6-4-7-16(20)3/h4,6-7,9-10,12,17H,5,8,11,13H2,1-3H3,(H,23,25). The predicted octanol–water partition coefficient (Wildman–Crippen LogP) is 4.30. The Morgan fingerprint density at radius 1 is 1.11 bits per heavy atom. The lowest BCUT2D eigenvalue weighted by atomic mass is 9.98. The zero-order valence-electron chi connectivity index (χ0n) is 16.3. The van der Waals surface area contributed by atoms with Crippen molar-refractivity contribution >= 4 is 33.2 Å². The largest absolute Gasteiger partial charge is 0.325 e. The number of rotatable bonds is 4. The highest BCUT2D eigenvalue weighted by Gasteiger charge is 2.33. The van der Waals surface area contributed by atoms with Crippen LogP contribution in [0.25, 0.3) is 0 Å². The van der Waals surface area contributed by atoms with Crippen LogP contribution in [-0.2, 0) is 14.8 Å². The molecule has 0 spiro atoms. The fraction of sp³-hybridized carbons (Fsp3) is 0.381. The van der Waals surface area contributed by atoms with Gasteiger partial charge in [0.05, 0.1) is 10.8 Å². The van der Waals surface area contributed by atoms with Crippen LogP contribution in [0.2, 0.25) is 5.02 Å². The summed E-state index contributed by atoms with van der Waals surface area (Å²) in [7, 11) is -3.69. The molecule has 1 heterocycles. The average Bonchev–Trinajstić information content (AvgIpc) is 2.67. The van der Waals surface area contributed by atoms with E-state index in [0.29, 0.717) is 24.4 Å². The molecule has 1 aliphatic rings. The van der Waals surface area contributed by atoms with Gasteiger partial charge in [0.2, 0.25) is 15.9 Å². The number of nitrogens with zero attached hydrogens (tertiary/aromatic N) is 1. The maximum atomic E-state index is 13.0. The topological polar surface area (TPSA) is 66.5 Å². The maximum absolute atomic E-state index is 13.0. The average molecular weight is 421 g/mol. The predicted molar refractivity (Wildman–Crippen MR) is 112 cm³/mol. The molecule has 1 unspecified atom stereocenters. The number of hydrogen-bond donors (Lipinski definition) is 1. The van der Waals surface area contributed by atoms with Crippen molar-refractivity contribution in [2.24, 2.45) is 5.92 Å². The van der Waals surface area contributed by atoms with Crippen LogP contribution in [0.4, 0.5) is 5.69 Å². The monoisotopic (exact) mass is 420 g/mol. The highest BCUT2D eigenvalue weighted by Crippen LogP contribution is 2.28. The van der Waals surface area contributed by atoms with Crippen LogP contribution in [0, 0.1) is 26.7 Å². The van der Waals surface area contributed by atoms with Crippen LogP contribution in [0.3, 0.4) is 0 Å². The van der Waals surface area contributed by atoms with Gasteiger partial charge in [0, 0.05) is 23.8 Å². The van der Waals surface area contributed by atoms with Gasteiger partial charge >= 0.3 is 0 Å². The minimum Gasteiger partial charge on any atom is -0.325 e. The lowest BCUT2D eigenvalue weighted by Gasteiger charge is -2.31. The molecule has 0 aliphatic carbocycles.